The van der Waals surface area contributed by atoms with Crippen LogP contribution in [0.1, 0.15) is 59.2 Å². The van der Waals surface area contributed by atoms with Crippen molar-refractivity contribution in [3.05, 3.63) is 11.9 Å². The fourth-order valence-electron chi connectivity index (χ4n) is 2.50. The Bertz CT molecular complexity index is 458. The Labute approximate surface area is 122 Å². The van der Waals surface area contributed by atoms with Gasteiger partial charge in [-0.15, -0.1) is 0 Å². The molecule has 0 unspecified atom stereocenters. The Balaban J connectivity index is 2.11. The highest BCUT2D eigenvalue weighted by molar-refractivity contribution is 5.48. The molecule has 1 aliphatic carbocycles. The summed E-state index contributed by atoms with van der Waals surface area (Å²) in [5.74, 6) is 2.71. The number of aromatic nitrogens is 2. The molecule has 20 heavy (non-hydrogen) atoms. The zero-order valence-corrected chi connectivity index (χ0v) is 13.5. The van der Waals surface area contributed by atoms with E-state index in [1.54, 1.807) is 0 Å². The summed E-state index contributed by atoms with van der Waals surface area (Å²) in [4.78, 5) is 9.24. The monoisotopic (exact) mass is 276 g/mol. The van der Waals surface area contributed by atoms with Crippen LogP contribution < -0.4 is 10.6 Å². The van der Waals surface area contributed by atoms with Crippen LogP contribution in [0.2, 0.25) is 0 Å². The van der Waals surface area contributed by atoms with Crippen LogP contribution in [0.15, 0.2) is 6.07 Å². The lowest BCUT2D eigenvalue weighted by atomic mass is 9.96. The van der Waals surface area contributed by atoms with E-state index in [2.05, 4.69) is 48.3 Å². The largest absolute Gasteiger partial charge is 0.373 e. The van der Waals surface area contributed by atoms with Gasteiger partial charge in [-0.25, -0.2) is 9.97 Å². The van der Waals surface area contributed by atoms with Crippen molar-refractivity contribution >= 4 is 11.6 Å². The Morgan fingerprint density at radius 3 is 2.35 bits per heavy atom. The normalized spacial score (nSPS) is 16.9. The summed E-state index contributed by atoms with van der Waals surface area (Å²) in [7, 11) is 1.90. The molecule has 0 aromatic carbocycles. The molecule has 1 aromatic heterocycles. The van der Waals surface area contributed by atoms with Crippen molar-refractivity contribution in [1.29, 1.82) is 0 Å². The Kier molecular flexibility index (Phi) is 4.21. The molecule has 1 heterocycles. The van der Waals surface area contributed by atoms with E-state index in [0.717, 1.165) is 24.0 Å². The molecule has 0 aliphatic heterocycles. The van der Waals surface area contributed by atoms with Crippen LogP contribution in [0, 0.1) is 5.41 Å². The van der Waals surface area contributed by atoms with Gasteiger partial charge in [-0.1, -0.05) is 34.1 Å². The third kappa shape index (κ3) is 3.62. The number of hydrogen-bond acceptors (Lipinski definition) is 4. The minimum absolute atomic E-state index is 0.0377. The van der Waals surface area contributed by atoms with Crippen molar-refractivity contribution in [3.63, 3.8) is 0 Å². The molecule has 4 heteroatoms. The summed E-state index contributed by atoms with van der Waals surface area (Å²) in [5.41, 5.74) is 0.491. The summed E-state index contributed by atoms with van der Waals surface area (Å²) < 4.78 is 0. The van der Waals surface area contributed by atoms with Gasteiger partial charge >= 0.3 is 0 Å². The number of anilines is 2. The topological polar surface area (TPSA) is 49.8 Å². The molecule has 1 saturated carbocycles. The van der Waals surface area contributed by atoms with Gasteiger partial charge < -0.3 is 10.6 Å². The van der Waals surface area contributed by atoms with Crippen LogP contribution in [-0.2, 0) is 5.41 Å². The molecule has 1 aromatic rings. The van der Waals surface area contributed by atoms with Crippen molar-refractivity contribution in [2.75, 3.05) is 24.2 Å². The first-order chi connectivity index (χ1) is 9.38. The number of rotatable bonds is 6. The lowest BCUT2D eigenvalue weighted by Gasteiger charge is -2.20. The van der Waals surface area contributed by atoms with Gasteiger partial charge in [-0.2, -0.15) is 0 Å². The highest BCUT2D eigenvalue weighted by Gasteiger charge is 2.41. The Morgan fingerprint density at radius 1 is 1.20 bits per heavy atom. The molecule has 1 aliphatic rings. The molecule has 0 saturated heterocycles. The third-order valence-corrected chi connectivity index (χ3v) is 4.04. The zero-order chi connectivity index (χ0) is 14.8. The average molecular weight is 276 g/mol. The highest BCUT2D eigenvalue weighted by Crippen LogP contribution is 2.49. The summed E-state index contributed by atoms with van der Waals surface area (Å²) in [6.07, 6.45) is 5.28. The van der Waals surface area contributed by atoms with E-state index in [9.17, 15) is 0 Å². The van der Waals surface area contributed by atoms with Gasteiger partial charge in [0.05, 0.1) is 0 Å². The fourth-order valence-corrected chi connectivity index (χ4v) is 2.50. The molecular formula is C16H28N4. The molecule has 2 N–H and O–H groups in total. The van der Waals surface area contributed by atoms with Crippen molar-refractivity contribution in [2.24, 2.45) is 5.41 Å². The second kappa shape index (κ2) is 5.58. The van der Waals surface area contributed by atoms with E-state index in [1.807, 2.05) is 13.1 Å². The summed E-state index contributed by atoms with van der Waals surface area (Å²) in [5, 5.41) is 6.66. The van der Waals surface area contributed by atoms with Gasteiger partial charge in [0.2, 0.25) is 0 Å². The van der Waals surface area contributed by atoms with Crippen LogP contribution in [0.4, 0.5) is 11.6 Å². The summed E-state index contributed by atoms with van der Waals surface area (Å²) in [6.45, 7) is 9.73. The molecule has 4 nitrogen and oxygen atoms in total. The first-order valence-electron chi connectivity index (χ1n) is 7.70. The second-order valence-corrected chi connectivity index (χ2v) is 7.07. The van der Waals surface area contributed by atoms with Crippen LogP contribution in [0.25, 0.3) is 0 Å². The van der Waals surface area contributed by atoms with E-state index in [-0.39, 0.29) is 5.41 Å². The molecule has 1 fully saturated rings. The predicted octanol–water partition coefficient (Wildman–Crippen LogP) is 3.81. The molecule has 2 rings (SSSR count). The highest BCUT2D eigenvalue weighted by atomic mass is 15.1. The van der Waals surface area contributed by atoms with Crippen molar-refractivity contribution in [3.8, 4) is 0 Å². The van der Waals surface area contributed by atoms with Gasteiger partial charge in [0.15, 0.2) is 0 Å². The van der Waals surface area contributed by atoms with Crippen LogP contribution in [0.5, 0.6) is 0 Å². The standard InChI is InChI=1S/C16H28N4/c1-6-7-16(8-9-16)11-18-13-10-12(17-5)19-14(20-13)15(2,3)4/h10H,6-9,11H2,1-5H3,(H2,17,18,19,20). The molecular weight excluding hydrogens is 248 g/mol. The third-order valence-electron chi connectivity index (χ3n) is 4.04. The lowest BCUT2D eigenvalue weighted by molar-refractivity contribution is 0.484. The van der Waals surface area contributed by atoms with Crippen LogP contribution in [0.3, 0.4) is 0 Å². The molecule has 0 spiro atoms. The van der Waals surface area contributed by atoms with Gasteiger partial charge in [0, 0.05) is 25.1 Å². The Hall–Kier alpha value is -1.32. The van der Waals surface area contributed by atoms with E-state index >= 15 is 0 Å². The molecule has 0 amide bonds. The van der Waals surface area contributed by atoms with E-state index in [0.29, 0.717) is 5.41 Å². The summed E-state index contributed by atoms with van der Waals surface area (Å²) in [6, 6.07) is 2.00. The first-order valence-corrected chi connectivity index (χ1v) is 7.70. The van der Waals surface area contributed by atoms with E-state index < -0.39 is 0 Å². The average Bonchev–Trinajstić information content (AvgIpc) is 3.16. The van der Waals surface area contributed by atoms with Gasteiger partial charge in [0.25, 0.3) is 0 Å². The maximum atomic E-state index is 4.68. The summed E-state index contributed by atoms with van der Waals surface area (Å²) >= 11 is 0. The first kappa shape index (κ1) is 15.1. The number of nitrogens with zero attached hydrogens (tertiary/aromatic N) is 2. The zero-order valence-electron chi connectivity index (χ0n) is 13.5. The minimum Gasteiger partial charge on any atom is -0.373 e. The van der Waals surface area contributed by atoms with Crippen LogP contribution in [-0.4, -0.2) is 23.6 Å². The molecule has 0 radical (unpaired) electrons. The molecule has 0 bridgehead atoms. The van der Waals surface area contributed by atoms with Crippen molar-refractivity contribution in [1.82, 2.24) is 9.97 Å². The molecule has 0 atom stereocenters. The fraction of sp³-hybridized carbons (Fsp3) is 0.750. The van der Waals surface area contributed by atoms with Gasteiger partial charge in [0.1, 0.15) is 17.5 Å². The van der Waals surface area contributed by atoms with E-state index in [1.165, 1.54) is 25.7 Å². The maximum Gasteiger partial charge on any atom is 0.138 e. The van der Waals surface area contributed by atoms with Gasteiger partial charge in [-0.05, 0) is 24.7 Å². The number of nitrogens with one attached hydrogen (secondary N) is 2. The smallest absolute Gasteiger partial charge is 0.138 e. The van der Waals surface area contributed by atoms with Crippen molar-refractivity contribution < 1.29 is 0 Å². The van der Waals surface area contributed by atoms with E-state index in [4.69, 9.17) is 0 Å². The minimum atomic E-state index is -0.0377. The SMILES string of the molecule is CCCC1(CNc2cc(NC)nc(C(C)(C)C)n2)CC1. The van der Waals surface area contributed by atoms with Gasteiger partial charge in [-0.3, -0.25) is 0 Å². The maximum absolute atomic E-state index is 4.68. The number of hydrogen-bond donors (Lipinski definition) is 2. The molecule has 112 valence electrons. The second-order valence-electron chi connectivity index (χ2n) is 7.07. The van der Waals surface area contributed by atoms with Crippen molar-refractivity contribution in [2.45, 2.75) is 58.8 Å². The predicted molar refractivity (Wildman–Crippen MR) is 85.3 cm³/mol. The van der Waals surface area contributed by atoms with Crippen LogP contribution >= 0.6 is 0 Å². The Morgan fingerprint density at radius 2 is 1.85 bits per heavy atom. The quantitative estimate of drug-likeness (QED) is 0.829. The lowest BCUT2D eigenvalue weighted by Crippen LogP contribution is -2.20.